The maximum absolute atomic E-state index is 13.9. The zero-order valence-electron chi connectivity index (χ0n) is 12.6. The summed E-state index contributed by atoms with van der Waals surface area (Å²) >= 11 is 0. The topological polar surface area (TPSA) is 29.5 Å². The number of halogens is 1. The first kappa shape index (κ1) is 16.2. The van der Waals surface area contributed by atoms with Crippen LogP contribution in [-0.2, 0) is 22.6 Å². The van der Waals surface area contributed by atoms with Crippen LogP contribution < -0.4 is 0 Å². The lowest BCUT2D eigenvalue weighted by molar-refractivity contribution is -0.147. The number of hydrogen-bond acceptors (Lipinski definition) is 3. The monoisotopic (exact) mass is 301 g/mol. The minimum absolute atomic E-state index is 0.0104. The molecule has 1 atom stereocenters. The van der Waals surface area contributed by atoms with Crippen LogP contribution in [0.15, 0.2) is 60.7 Å². The summed E-state index contributed by atoms with van der Waals surface area (Å²) in [6.07, 6.45) is -1.64. The molecular formula is C18H20FNO2. The summed E-state index contributed by atoms with van der Waals surface area (Å²) in [6.45, 7) is 1.16. The van der Waals surface area contributed by atoms with E-state index in [1.165, 1.54) is 7.11 Å². The molecule has 2 aromatic carbocycles. The Bertz CT molecular complexity index is 533. The van der Waals surface area contributed by atoms with Crippen molar-refractivity contribution in [2.75, 3.05) is 13.7 Å². The fourth-order valence-electron chi connectivity index (χ4n) is 2.30. The van der Waals surface area contributed by atoms with Crippen LogP contribution in [0.1, 0.15) is 11.1 Å². The Labute approximate surface area is 130 Å². The highest BCUT2D eigenvalue weighted by Gasteiger charge is 2.21. The second kappa shape index (κ2) is 8.29. The molecule has 2 aromatic rings. The van der Waals surface area contributed by atoms with E-state index in [1.54, 1.807) is 0 Å². The van der Waals surface area contributed by atoms with Gasteiger partial charge in [-0.3, -0.25) is 4.90 Å². The maximum atomic E-state index is 13.9. The van der Waals surface area contributed by atoms with Crippen molar-refractivity contribution in [1.29, 1.82) is 0 Å². The second-order valence-corrected chi connectivity index (χ2v) is 5.13. The summed E-state index contributed by atoms with van der Waals surface area (Å²) in [5.41, 5.74) is 2.16. The van der Waals surface area contributed by atoms with Crippen LogP contribution in [0, 0.1) is 0 Å². The lowest BCUT2D eigenvalue weighted by atomic mass is 10.1. The molecule has 0 saturated carbocycles. The molecule has 0 radical (unpaired) electrons. The molecule has 22 heavy (non-hydrogen) atoms. The van der Waals surface area contributed by atoms with E-state index in [4.69, 9.17) is 0 Å². The average Bonchev–Trinajstić information content (AvgIpc) is 2.55. The van der Waals surface area contributed by atoms with Gasteiger partial charge in [-0.25, -0.2) is 9.18 Å². The van der Waals surface area contributed by atoms with Gasteiger partial charge < -0.3 is 4.74 Å². The predicted octanol–water partition coefficient (Wildman–Crippen LogP) is 3.20. The van der Waals surface area contributed by atoms with Gasteiger partial charge in [0.25, 0.3) is 0 Å². The highest BCUT2D eigenvalue weighted by Crippen LogP contribution is 2.12. The van der Waals surface area contributed by atoms with Crippen molar-refractivity contribution < 1.29 is 13.9 Å². The molecule has 0 bridgehead atoms. The van der Waals surface area contributed by atoms with Crippen molar-refractivity contribution in [1.82, 2.24) is 4.90 Å². The smallest absolute Gasteiger partial charge is 0.341 e. The van der Waals surface area contributed by atoms with E-state index in [1.807, 2.05) is 65.6 Å². The minimum atomic E-state index is -1.64. The summed E-state index contributed by atoms with van der Waals surface area (Å²) in [7, 11) is 1.20. The number of alkyl halides is 1. The average molecular weight is 301 g/mol. The van der Waals surface area contributed by atoms with Crippen LogP contribution in [0.2, 0.25) is 0 Å². The summed E-state index contributed by atoms with van der Waals surface area (Å²) in [5, 5.41) is 0. The van der Waals surface area contributed by atoms with E-state index in [9.17, 15) is 9.18 Å². The largest absolute Gasteiger partial charge is 0.467 e. The summed E-state index contributed by atoms with van der Waals surface area (Å²) in [4.78, 5) is 13.2. The molecule has 1 unspecified atom stereocenters. The Morgan fingerprint density at radius 3 is 1.86 bits per heavy atom. The van der Waals surface area contributed by atoms with Crippen molar-refractivity contribution in [3.63, 3.8) is 0 Å². The third-order valence-electron chi connectivity index (χ3n) is 3.37. The number of carbonyl (C=O) groups excluding carboxylic acids is 1. The van der Waals surface area contributed by atoms with E-state index < -0.39 is 12.1 Å². The van der Waals surface area contributed by atoms with E-state index in [-0.39, 0.29) is 6.54 Å². The van der Waals surface area contributed by atoms with E-state index in [2.05, 4.69) is 4.74 Å². The molecule has 0 aliphatic heterocycles. The molecule has 2 rings (SSSR count). The standard InChI is InChI=1S/C18H20FNO2/c1-22-18(21)17(19)14-20(12-15-8-4-2-5-9-15)13-16-10-6-3-7-11-16/h2-11,17H,12-14H2,1H3. The fourth-order valence-corrected chi connectivity index (χ4v) is 2.30. The molecule has 116 valence electrons. The molecule has 0 fully saturated rings. The van der Waals surface area contributed by atoms with Crippen molar-refractivity contribution in [3.05, 3.63) is 71.8 Å². The first-order chi connectivity index (χ1) is 10.7. The van der Waals surface area contributed by atoms with Gasteiger partial charge in [-0.05, 0) is 11.1 Å². The van der Waals surface area contributed by atoms with E-state index in [0.717, 1.165) is 11.1 Å². The fraction of sp³-hybridized carbons (Fsp3) is 0.278. The SMILES string of the molecule is COC(=O)C(F)CN(Cc1ccccc1)Cc1ccccc1. The van der Waals surface area contributed by atoms with Gasteiger partial charge in [-0.15, -0.1) is 0 Å². The number of ether oxygens (including phenoxy) is 1. The molecule has 0 aliphatic rings. The quantitative estimate of drug-likeness (QED) is 0.736. The first-order valence-corrected chi connectivity index (χ1v) is 7.21. The zero-order valence-corrected chi connectivity index (χ0v) is 12.6. The Balaban J connectivity index is 2.07. The highest BCUT2D eigenvalue weighted by molar-refractivity contribution is 5.74. The van der Waals surface area contributed by atoms with Gasteiger partial charge in [-0.2, -0.15) is 0 Å². The van der Waals surface area contributed by atoms with Gasteiger partial charge in [0.2, 0.25) is 6.17 Å². The Kier molecular flexibility index (Phi) is 6.10. The molecule has 0 saturated heterocycles. The Hall–Kier alpha value is -2.20. The number of methoxy groups -OCH3 is 1. The Morgan fingerprint density at radius 1 is 1.00 bits per heavy atom. The Morgan fingerprint density at radius 2 is 1.45 bits per heavy atom. The molecule has 4 heteroatoms. The van der Waals surface area contributed by atoms with Gasteiger partial charge in [-0.1, -0.05) is 60.7 Å². The zero-order chi connectivity index (χ0) is 15.8. The van der Waals surface area contributed by atoms with Crippen LogP contribution in [0.25, 0.3) is 0 Å². The first-order valence-electron chi connectivity index (χ1n) is 7.21. The number of carbonyl (C=O) groups is 1. The van der Waals surface area contributed by atoms with Crippen LogP contribution in [-0.4, -0.2) is 30.7 Å². The molecule has 0 heterocycles. The van der Waals surface area contributed by atoms with Crippen LogP contribution in [0.4, 0.5) is 4.39 Å². The summed E-state index contributed by atoms with van der Waals surface area (Å²) < 4.78 is 18.4. The number of rotatable bonds is 7. The van der Waals surface area contributed by atoms with Crippen LogP contribution in [0.5, 0.6) is 0 Å². The lowest BCUT2D eigenvalue weighted by Gasteiger charge is -2.23. The molecule has 0 spiro atoms. The van der Waals surface area contributed by atoms with Crippen LogP contribution >= 0.6 is 0 Å². The molecule has 0 N–H and O–H groups in total. The van der Waals surface area contributed by atoms with Gasteiger partial charge in [0.1, 0.15) is 0 Å². The number of benzene rings is 2. The van der Waals surface area contributed by atoms with Crippen molar-refractivity contribution >= 4 is 5.97 Å². The summed E-state index contributed by atoms with van der Waals surface area (Å²) in [6, 6.07) is 19.6. The molecule has 0 aromatic heterocycles. The maximum Gasteiger partial charge on any atom is 0.341 e. The minimum Gasteiger partial charge on any atom is -0.467 e. The predicted molar refractivity (Wildman–Crippen MR) is 83.9 cm³/mol. The molecular weight excluding hydrogens is 281 g/mol. The number of nitrogens with zero attached hydrogens (tertiary/aromatic N) is 1. The van der Waals surface area contributed by atoms with Crippen LogP contribution in [0.3, 0.4) is 0 Å². The lowest BCUT2D eigenvalue weighted by Crippen LogP contribution is -2.34. The van der Waals surface area contributed by atoms with Gasteiger partial charge in [0.05, 0.1) is 7.11 Å². The van der Waals surface area contributed by atoms with E-state index >= 15 is 0 Å². The van der Waals surface area contributed by atoms with Gasteiger partial charge in [0.15, 0.2) is 0 Å². The van der Waals surface area contributed by atoms with E-state index in [0.29, 0.717) is 13.1 Å². The molecule has 0 aliphatic carbocycles. The number of hydrogen-bond donors (Lipinski definition) is 0. The van der Waals surface area contributed by atoms with Crippen molar-refractivity contribution in [3.8, 4) is 0 Å². The molecule has 3 nitrogen and oxygen atoms in total. The third kappa shape index (κ3) is 4.97. The third-order valence-corrected chi connectivity index (χ3v) is 3.37. The number of esters is 1. The summed E-state index contributed by atoms with van der Waals surface area (Å²) in [5.74, 6) is -0.828. The van der Waals surface area contributed by atoms with Crippen molar-refractivity contribution in [2.45, 2.75) is 19.3 Å². The second-order valence-electron chi connectivity index (χ2n) is 5.13. The van der Waals surface area contributed by atoms with Gasteiger partial charge >= 0.3 is 5.97 Å². The van der Waals surface area contributed by atoms with Crippen molar-refractivity contribution in [2.24, 2.45) is 0 Å². The normalized spacial score (nSPS) is 12.1. The molecule has 0 amide bonds. The highest BCUT2D eigenvalue weighted by atomic mass is 19.1. The van der Waals surface area contributed by atoms with Gasteiger partial charge in [0, 0.05) is 19.6 Å².